The van der Waals surface area contributed by atoms with E-state index in [1.54, 1.807) is 6.26 Å². The van der Waals surface area contributed by atoms with Gasteiger partial charge in [0.25, 0.3) is 0 Å². The van der Waals surface area contributed by atoms with Gasteiger partial charge >= 0.3 is 0 Å². The van der Waals surface area contributed by atoms with Crippen LogP contribution in [0.4, 0.5) is 5.82 Å². The first-order valence-electron chi connectivity index (χ1n) is 5.67. The van der Waals surface area contributed by atoms with E-state index in [0.717, 1.165) is 42.7 Å². The number of nitrogens with zero attached hydrogens (tertiary/aromatic N) is 2. The Morgan fingerprint density at radius 2 is 2.12 bits per heavy atom. The monoisotopic (exact) mass is 217 g/mol. The summed E-state index contributed by atoms with van der Waals surface area (Å²) in [5, 5.41) is 1.11. The number of fused-ring (bicyclic) bond motifs is 1. The second-order valence-corrected chi connectivity index (χ2v) is 4.30. The molecular weight excluding hydrogens is 202 g/mol. The van der Waals surface area contributed by atoms with Crippen LogP contribution in [0.25, 0.3) is 11.0 Å². The van der Waals surface area contributed by atoms with E-state index >= 15 is 0 Å². The number of aromatic nitrogens is 1. The summed E-state index contributed by atoms with van der Waals surface area (Å²) < 4.78 is 5.49. The smallest absolute Gasteiger partial charge is 0.176 e. The molecule has 0 aliphatic carbocycles. The quantitative estimate of drug-likeness (QED) is 0.790. The average Bonchev–Trinajstić information content (AvgIpc) is 2.78. The molecule has 0 atom stereocenters. The molecule has 1 saturated heterocycles. The highest BCUT2D eigenvalue weighted by Gasteiger charge is 2.19. The molecule has 16 heavy (non-hydrogen) atoms. The number of piperidine rings is 1. The number of hydrogen-bond donors (Lipinski definition) is 1. The molecule has 3 heterocycles. The standard InChI is InChI=1S/C12H15N3O/c13-10-2-6-15(7-3-10)12-11-9(1-5-14-12)4-8-16-11/h1,4-5,8,10H,2-3,6-7,13H2. The van der Waals surface area contributed by atoms with Crippen molar-refractivity contribution in [3.8, 4) is 0 Å². The van der Waals surface area contributed by atoms with Gasteiger partial charge < -0.3 is 15.1 Å². The van der Waals surface area contributed by atoms with Gasteiger partial charge in [-0.15, -0.1) is 0 Å². The zero-order valence-corrected chi connectivity index (χ0v) is 9.10. The molecular formula is C12H15N3O. The van der Waals surface area contributed by atoms with Crippen molar-refractivity contribution in [1.82, 2.24) is 4.98 Å². The van der Waals surface area contributed by atoms with Crippen molar-refractivity contribution in [3.63, 3.8) is 0 Å². The molecule has 0 saturated carbocycles. The van der Waals surface area contributed by atoms with Crippen molar-refractivity contribution in [3.05, 3.63) is 24.6 Å². The summed E-state index contributed by atoms with van der Waals surface area (Å²) in [6, 6.07) is 4.28. The molecule has 84 valence electrons. The van der Waals surface area contributed by atoms with Gasteiger partial charge in [0, 0.05) is 30.7 Å². The molecule has 0 amide bonds. The van der Waals surface area contributed by atoms with Crippen LogP contribution >= 0.6 is 0 Å². The molecule has 1 aliphatic rings. The first-order valence-corrected chi connectivity index (χ1v) is 5.67. The molecule has 0 radical (unpaired) electrons. The maximum Gasteiger partial charge on any atom is 0.176 e. The molecule has 0 aromatic carbocycles. The summed E-state index contributed by atoms with van der Waals surface area (Å²) >= 11 is 0. The third-order valence-electron chi connectivity index (χ3n) is 3.19. The fourth-order valence-corrected chi connectivity index (χ4v) is 2.22. The molecule has 0 spiro atoms. The first kappa shape index (κ1) is 9.66. The Kier molecular flexibility index (Phi) is 2.29. The Bertz CT molecular complexity index is 486. The molecule has 3 rings (SSSR count). The van der Waals surface area contributed by atoms with Crippen molar-refractivity contribution in [2.45, 2.75) is 18.9 Å². The van der Waals surface area contributed by atoms with E-state index in [4.69, 9.17) is 10.2 Å². The number of furan rings is 1. The number of rotatable bonds is 1. The average molecular weight is 217 g/mol. The Morgan fingerprint density at radius 3 is 2.94 bits per heavy atom. The number of pyridine rings is 1. The normalized spacial score (nSPS) is 18.2. The molecule has 4 heteroatoms. The van der Waals surface area contributed by atoms with Crippen molar-refractivity contribution in [2.75, 3.05) is 18.0 Å². The summed E-state index contributed by atoms with van der Waals surface area (Å²) in [5.41, 5.74) is 6.78. The molecule has 2 aromatic heterocycles. The van der Waals surface area contributed by atoms with E-state index in [9.17, 15) is 0 Å². The zero-order valence-electron chi connectivity index (χ0n) is 9.10. The van der Waals surface area contributed by atoms with Crippen molar-refractivity contribution >= 4 is 16.8 Å². The largest absolute Gasteiger partial charge is 0.460 e. The second kappa shape index (κ2) is 3.79. The Labute approximate surface area is 94.0 Å². The Morgan fingerprint density at radius 1 is 1.31 bits per heavy atom. The molecule has 1 fully saturated rings. The van der Waals surface area contributed by atoms with E-state index in [2.05, 4.69) is 9.88 Å². The third kappa shape index (κ3) is 1.55. The highest BCUT2D eigenvalue weighted by Crippen LogP contribution is 2.26. The number of anilines is 1. The first-order chi connectivity index (χ1) is 7.84. The zero-order chi connectivity index (χ0) is 11.0. The van der Waals surface area contributed by atoms with Gasteiger partial charge in [-0.25, -0.2) is 4.98 Å². The highest BCUT2D eigenvalue weighted by atomic mass is 16.3. The van der Waals surface area contributed by atoms with Crippen molar-refractivity contribution in [1.29, 1.82) is 0 Å². The predicted octanol–water partition coefficient (Wildman–Crippen LogP) is 1.76. The Balaban J connectivity index is 1.96. The lowest BCUT2D eigenvalue weighted by atomic mass is 10.1. The van der Waals surface area contributed by atoms with Gasteiger partial charge in [0.1, 0.15) is 0 Å². The molecule has 0 unspecified atom stereocenters. The molecule has 1 aliphatic heterocycles. The van der Waals surface area contributed by atoms with E-state index in [1.165, 1.54) is 0 Å². The summed E-state index contributed by atoms with van der Waals surface area (Å²) in [6.45, 7) is 1.93. The predicted molar refractivity (Wildman–Crippen MR) is 63.4 cm³/mol. The SMILES string of the molecule is NC1CCN(c2nccc3ccoc23)CC1. The van der Waals surface area contributed by atoms with Gasteiger partial charge in [0.2, 0.25) is 0 Å². The van der Waals surface area contributed by atoms with Crippen LogP contribution in [0.1, 0.15) is 12.8 Å². The van der Waals surface area contributed by atoms with Crippen LogP contribution in [-0.4, -0.2) is 24.1 Å². The van der Waals surface area contributed by atoms with Crippen LogP contribution in [0.2, 0.25) is 0 Å². The Hall–Kier alpha value is -1.55. The summed E-state index contributed by atoms with van der Waals surface area (Å²) in [4.78, 5) is 6.68. The molecule has 2 N–H and O–H groups in total. The van der Waals surface area contributed by atoms with E-state index in [0.29, 0.717) is 6.04 Å². The lowest BCUT2D eigenvalue weighted by Crippen LogP contribution is -2.40. The minimum absolute atomic E-state index is 0.340. The van der Waals surface area contributed by atoms with Gasteiger partial charge in [-0.2, -0.15) is 0 Å². The lowest BCUT2D eigenvalue weighted by Gasteiger charge is -2.30. The fraction of sp³-hybridized carbons (Fsp3) is 0.417. The molecule has 0 bridgehead atoms. The molecule has 4 nitrogen and oxygen atoms in total. The van der Waals surface area contributed by atoms with Crippen LogP contribution < -0.4 is 10.6 Å². The summed E-state index contributed by atoms with van der Waals surface area (Å²) in [7, 11) is 0. The van der Waals surface area contributed by atoms with Crippen LogP contribution in [-0.2, 0) is 0 Å². The van der Waals surface area contributed by atoms with Gasteiger partial charge in [-0.1, -0.05) is 0 Å². The van der Waals surface area contributed by atoms with Crippen LogP contribution in [0.15, 0.2) is 29.0 Å². The minimum Gasteiger partial charge on any atom is -0.460 e. The summed E-state index contributed by atoms with van der Waals surface area (Å²) in [5.74, 6) is 0.953. The summed E-state index contributed by atoms with van der Waals surface area (Å²) in [6.07, 6.45) is 5.60. The van der Waals surface area contributed by atoms with E-state index < -0.39 is 0 Å². The van der Waals surface area contributed by atoms with Crippen LogP contribution in [0, 0.1) is 0 Å². The van der Waals surface area contributed by atoms with Crippen molar-refractivity contribution < 1.29 is 4.42 Å². The van der Waals surface area contributed by atoms with E-state index in [-0.39, 0.29) is 0 Å². The second-order valence-electron chi connectivity index (χ2n) is 4.30. The number of nitrogens with two attached hydrogens (primary N) is 1. The van der Waals surface area contributed by atoms with Crippen LogP contribution in [0.3, 0.4) is 0 Å². The topological polar surface area (TPSA) is 55.3 Å². The van der Waals surface area contributed by atoms with Crippen LogP contribution in [0.5, 0.6) is 0 Å². The number of hydrogen-bond acceptors (Lipinski definition) is 4. The molecule has 2 aromatic rings. The van der Waals surface area contributed by atoms with E-state index in [1.807, 2.05) is 18.3 Å². The third-order valence-corrected chi connectivity index (χ3v) is 3.19. The maximum atomic E-state index is 5.90. The van der Waals surface area contributed by atoms with Crippen molar-refractivity contribution in [2.24, 2.45) is 5.73 Å². The van der Waals surface area contributed by atoms with Gasteiger partial charge in [-0.3, -0.25) is 0 Å². The minimum atomic E-state index is 0.340. The van der Waals surface area contributed by atoms with Gasteiger partial charge in [0.15, 0.2) is 11.4 Å². The lowest BCUT2D eigenvalue weighted by molar-refractivity contribution is 0.496. The van der Waals surface area contributed by atoms with Gasteiger partial charge in [0.05, 0.1) is 6.26 Å². The maximum absolute atomic E-state index is 5.90. The highest BCUT2D eigenvalue weighted by molar-refractivity contribution is 5.86. The van der Waals surface area contributed by atoms with Gasteiger partial charge in [-0.05, 0) is 25.0 Å². The fourth-order valence-electron chi connectivity index (χ4n) is 2.22.